The van der Waals surface area contributed by atoms with E-state index in [4.69, 9.17) is 0 Å². The van der Waals surface area contributed by atoms with Crippen LogP contribution in [-0.2, 0) is 11.3 Å². The van der Waals surface area contributed by atoms with Crippen LogP contribution in [0.15, 0.2) is 36.5 Å². The van der Waals surface area contributed by atoms with Gasteiger partial charge in [-0.2, -0.15) is 4.57 Å². The van der Waals surface area contributed by atoms with Crippen molar-refractivity contribution in [2.24, 2.45) is 0 Å². The van der Waals surface area contributed by atoms with E-state index in [9.17, 15) is 4.79 Å². The van der Waals surface area contributed by atoms with Crippen LogP contribution < -0.4 is 17.0 Å². The topological polar surface area (TPSA) is 20.9 Å². The molecule has 0 N–H and O–H groups in total. The van der Waals surface area contributed by atoms with Gasteiger partial charge < -0.3 is 12.4 Å². The van der Waals surface area contributed by atoms with Crippen molar-refractivity contribution >= 4 is 16.6 Å². The Hall–Kier alpha value is -1.41. The Kier molecular flexibility index (Phi) is 4.02. The molecule has 0 aliphatic carbocycles. The van der Waals surface area contributed by atoms with Crippen LogP contribution in [0.5, 0.6) is 0 Å². The number of hydrogen-bond donors (Lipinski definition) is 0. The average molecular weight is 236 g/mol. The molecule has 0 aliphatic rings. The van der Waals surface area contributed by atoms with E-state index in [-0.39, 0.29) is 18.2 Å². The van der Waals surface area contributed by atoms with Gasteiger partial charge in [0.2, 0.25) is 6.54 Å². The molecule has 0 unspecified atom stereocenters. The molecular weight excluding hydrogens is 222 g/mol. The number of carbonyl (C=O) groups excluding carboxylic acids is 1. The molecule has 2 aromatic rings. The molecule has 2 nitrogen and oxygen atoms in total. The highest BCUT2D eigenvalue weighted by molar-refractivity contribution is 5.81. The molecule has 16 heavy (non-hydrogen) atoms. The molecule has 0 bridgehead atoms. The predicted octanol–water partition coefficient (Wildman–Crippen LogP) is -0.971. The van der Waals surface area contributed by atoms with Crippen LogP contribution in [0.3, 0.4) is 0 Å². The minimum Gasteiger partial charge on any atom is -1.00 e. The van der Waals surface area contributed by atoms with Crippen LogP contribution in [-0.4, -0.2) is 5.78 Å². The van der Waals surface area contributed by atoms with Gasteiger partial charge in [0.25, 0.3) is 0 Å². The van der Waals surface area contributed by atoms with Gasteiger partial charge in [-0.1, -0.05) is 18.2 Å². The lowest BCUT2D eigenvalue weighted by Crippen LogP contribution is -3.00. The number of pyridine rings is 1. The Morgan fingerprint density at radius 3 is 2.50 bits per heavy atom. The van der Waals surface area contributed by atoms with Gasteiger partial charge in [-0.15, -0.1) is 0 Å². The zero-order chi connectivity index (χ0) is 10.8. The standard InChI is InChI=1S/C13H14NO.ClH/c1-10-7-12-5-3-4-6-13(12)9-14(10)8-11(2)15;/h3-7,9H,8H2,1-2H3;1H/q+1;/p-1. The summed E-state index contributed by atoms with van der Waals surface area (Å²) in [6, 6.07) is 10.3. The van der Waals surface area contributed by atoms with Crippen molar-refractivity contribution in [1.29, 1.82) is 0 Å². The summed E-state index contributed by atoms with van der Waals surface area (Å²) in [5.74, 6) is 0.179. The summed E-state index contributed by atoms with van der Waals surface area (Å²) in [5.41, 5.74) is 1.11. The molecule has 2 rings (SSSR count). The molecule has 84 valence electrons. The summed E-state index contributed by atoms with van der Waals surface area (Å²) in [4.78, 5) is 11.1. The van der Waals surface area contributed by atoms with Gasteiger partial charge in [-0.05, 0) is 11.5 Å². The summed E-state index contributed by atoms with van der Waals surface area (Å²) >= 11 is 0. The number of fused-ring (bicyclic) bond motifs is 1. The predicted molar refractivity (Wildman–Crippen MR) is 59.6 cm³/mol. The van der Waals surface area contributed by atoms with E-state index < -0.39 is 0 Å². The van der Waals surface area contributed by atoms with E-state index in [1.54, 1.807) is 6.92 Å². The van der Waals surface area contributed by atoms with Gasteiger partial charge in [-0.25, -0.2) is 0 Å². The fourth-order valence-corrected chi connectivity index (χ4v) is 1.75. The van der Waals surface area contributed by atoms with Gasteiger partial charge in [0.05, 0.1) is 0 Å². The van der Waals surface area contributed by atoms with Gasteiger partial charge in [-0.3, -0.25) is 4.79 Å². The maximum absolute atomic E-state index is 11.1. The number of rotatable bonds is 2. The largest absolute Gasteiger partial charge is 1.00 e. The second kappa shape index (κ2) is 5.08. The molecule has 1 aromatic heterocycles. The van der Waals surface area contributed by atoms with Crippen molar-refractivity contribution in [3.05, 3.63) is 42.2 Å². The van der Waals surface area contributed by atoms with Crippen molar-refractivity contribution in [1.82, 2.24) is 0 Å². The van der Waals surface area contributed by atoms with E-state index in [1.165, 1.54) is 10.8 Å². The second-order valence-corrected chi connectivity index (χ2v) is 3.87. The highest BCUT2D eigenvalue weighted by atomic mass is 35.5. The molecule has 3 heteroatoms. The minimum absolute atomic E-state index is 0. The van der Waals surface area contributed by atoms with E-state index in [2.05, 4.69) is 18.2 Å². The fraction of sp³-hybridized carbons (Fsp3) is 0.231. The number of Topliss-reactive ketones (excluding diaryl/α,β-unsaturated/α-hetero) is 1. The first-order valence-corrected chi connectivity index (χ1v) is 5.05. The summed E-state index contributed by atoms with van der Waals surface area (Å²) < 4.78 is 1.99. The molecule has 0 atom stereocenters. The maximum atomic E-state index is 11.1. The first-order valence-electron chi connectivity index (χ1n) is 5.05. The lowest BCUT2D eigenvalue weighted by molar-refractivity contribution is -0.688. The molecule has 0 fully saturated rings. The van der Waals surface area contributed by atoms with Crippen molar-refractivity contribution in [3.63, 3.8) is 0 Å². The number of halogens is 1. The lowest BCUT2D eigenvalue weighted by Gasteiger charge is -2.00. The van der Waals surface area contributed by atoms with Crippen LogP contribution in [0.2, 0.25) is 0 Å². The van der Waals surface area contributed by atoms with Crippen molar-refractivity contribution in [3.8, 4) is 0 Å². The maximum Gasteiger partial charge on any atom is 0.206 e. The van der Waals surface area contributed by atoms with Crippen LogP contribution in [0.25, 0.3) is 10.8 Å². The number of ketones is 1. The Bertz CT molecular complexity index is 522. The van der Waals surface area contributed by atoms with Crippen molar-refractivity contribution in [2.75, 3.05) is 0 Å². The molecule has 1 aromatic carbocycles. The summed E-state index contributed by atoms with van der Waals surface area (Å²) in [6.45, 7) is 4.09. The third-order valence-corrected chi connectivity index (χ3v) is 2.50. The molecular formula is C13H14ClNO. The highest BCUT2D eigenvalue weighted by Gasteiger charge is 2.10. The van der Waals surface area contributed by atoms with Gasteiger partial charge >= 0.3 is 0 Å². The number of aryl methyl sites for hydroxylation is 1. The summed E-state index contributed by atoms with van der Waals surface area (Å²) in [5, 5.41) is 2.39. The number of aromatic nitrogens is 1. The molecule has 0 radical (unpaired) electrons. The Morgan fingerprint density at radius 2 is 1.88 bits per heavy atom. The first-order chi connectivity index (χ1) is 7.16. The molecule has 0 spiro atoms. The minimum atomic E-state index is 0. The summed E-state index contributed by atoms with van der Waals surface area (Å²) in [7, 11) is 0. The fourth-order valence-electron chi connectivity index (χ4n) is 1.75. The monoisotopic (exact) mass is 235 g/mol. The number of nitrogens with zero attached hydrogens (tertiary/aromatic N) is 1. The smallest absolute Gasteiger partial charge is 0.206 e. The molecule has 0 amide bonds. The molecule has 0 aliphatic heterocycles. The Labute approximate surface area is 101 Å². The quantitative estimate of drug-likeness (QED) is 0.614. The van der Waals surface area contributed by atoms with E-state index in [1.807, 2.05) is 29.8 Å². The van der Waals surface area contributed by atoms with Crippen LogP contribution >= 0.6 is 0 Å². The van der Waals surface area contributed by atoms with E-state index in [0.717, 1.165) is 5.69 Å². The van der Waals surface area contributed by atoms with E-state index >= 15 is 0 Å². The Balaban J connectivity index is 0.00000128. The normalized spacial score (nSPS) is 9.88. The van der Waals surface area contributed by atoms with Gasteiger partial charge in [0.15, 0.2) is 17.7 Å². The van der Waals surface area contributed by atoms with E-state index in [0.29, 0.717) is 6.54 Å². The van der Waals surface area contributed by atoms with Gasteiger partial charge in [0.1, 0.15) is 0 Å². The van der Waals surface area contributed by atoms with Gasteiger partial charge in [0, 0.05) is 25.3 Å². The highest BCUT2D eigenvalue weighted by Crippen LogP contribution is 2.11. The van der Waals surface area contributed by atoms with Crippen molar-refractivity contribution in [2.45, 2.75) is 20.4 Å². The average Bonchev–Trinajstić information content (AvgIpc) is 2.18. The summed E-state index contributed by atoms with van der Waals surface area (Å²) in [6.07, 6.45) is 2.03. The molecule has 1 heterocycles. The number of benzene rings is 1. The lowest BCUT2D eigenvalue weighted by atomic mass is 10.1. The first kappa shape index (κ1) is 12.7. The van der Waals surface area contributed by atoms with Crippen LogP contribution in [0.1, 0.15) is 12.6 Å². The van der Waals surface area contributed by atoms with Crippen LogP contribution in [0, 0.1) is 6.92 Å². The third kappa shape index (κ3) is 2.58. The number of hydrogen-bond acceptors (Lipinski definition) is 1. The zero-order valence-electron chi connectivity index (χ0n) is 9.40. The SMILES string of the molecule is CC(=O)C[n+]1cc2ccccc2cc1C.[Cl-]. The third-order valence-electron chi connectivity index (χ3n) is 2.50. The van der Waals surface area contributed by atoms with Crippen molar-refractivity contribution < 1.29 is 21.8 Å². The number of carbonyl (C=O) groups is 1. The Morgan fingerprint density at radius 1 is 1.25 bits per heavy atom. The molecule has 0 saturated heterocycles. The second-order valence-electron chi connectivity index (χ2n) is 3.87. The van der Waals surface area contributed by atoms with Crippen LogP contribution in [0.4, 0.5) is 0 Å². The molecule has 0 saturated carbocycles. The zero-order valence-corrected chi connectivity index (χ0v) is 10.2.